The lowest BCUT2D eigenvalue weighted by atomic mass is 10.0. The minimum atomic E-state index is -0.400. The lowest BCUT2D eigenvalue weighted by Crippen LogP contribution is -2.19. The molecule has 128 valence electrons. The van der Waals surface area contributed by atoms with Gasteiger partial charge >= 0.3 is 6.03 Å². The molecule has 1 aliphatic rings. The van der Waals surface area contributed by atoms with Crippen LogP contribution in [0.5, 0.6) is 0 Å². The Labute approximate surface area is 163 Å². The predicted molar refractivity (Wildman–Crippen MR) is 107 cm³/mol. The zero-order valence-corrected chi connectivity index (χ0v) is 15.9. The van der Waals surface area contributed by atoms with E-state index in [1.165, 1.54) is 0 Å². The number of benzene rings is 2. The van der Waals surface area contributed by atoms with Crippen LogP contribution in [-0.4, -0.2) is 11.9 Å². The quantitative estimate of drug-likeness (QED) is 0.551. The van der Waals surface area contributed by atoms with Crippen molar-refractivity contribution >= 4 is 67.9 Å². The third-order valence-corrected chi connectivity index (χ3v) is 5.40. The molecule has 0 atom stereocenters. The van der Waals surface area contributed by atoms with E-state index in [0.717, 1.165) is 11.1 Å². The second-order valence-electron chi connectivity index (χ2n) is 5.37. The Morgan fingerprint density at radius 2 is 1.80 bits per heavy atom. The molecule has 1 heterocycles. The molecule has 2 amide bonds. The SMILES string of the molecule is NC1=NC=C(c2cccc(NC(=O)Nc3cc(Cl)c(Br)c(Cl)c3)c2)C1. The number of carbonyl (C=O) groups excluding carboxylic acids is 1. The van der Waals surface area contributed by atoms with Crippen LogP contribution in [0.1, 0.15) is 12.0 Å². The Morgan fingerprint density at radius 3 is 2.44 bits per heavy atom. The summed E-state index contributed by atoms with van der Waals surface area (Å²) < 4.78 is 0.584. The van der Waals surface area contributed by atoms with E-state index in [1.54, 1.807) is 24.4 Å². The van der Waals surface area contributed by atoms with Crippen LogP contribution in [0.3, 0.4) is 0 Å². The fourth-order valence-electron chi connectivity index (χ4n) is 2.34. The average Bonchev–Trinajstić information content (AvgIpc) is 2.99. The Bertz CT molecular complexity index is 888. The fourth-order valence-corrected chi connectivity index (χ4v) is 3.06. The van der Waals surface area contributed by atoms with Gasteiger partial charge in [-0.25, -0.2) is 9.79 Å². The summed E-state index contributed by atoms with van der Waals surface area (Å²) in [5.41, 5.74) is 8.80. The molecule has 0 aromatic heterocycles. The number of hydrogen-bond donors (Lipinski definition) is 3. The summed E-state index contributed by atoms with van der Waals surface area (Å²) in [7, 11) is 0. The van der Waals surface area contributed by atoms with Crippen LogP contribution >= 0.6 is 39.1 Å². The van der Waals surface area contributed by atoms with Crippen molar-refractivity contribution in [2.75, 3.05) is 10.6 Å². The van der Waals surface area contributed by atoms with Crippen molar-refractivity contribution in [3.05, 3.63) is 62.7 Å². The van der Waals surface area contributed by atoms with Crippen LogP contribution in [-0.2, 0) is 0 Å². The van der Waals surface area contributed by atoms with Gasteiger partial charge in [-0.05, 0) is 51.3 Å². The fraction of sp³-hybridized carbons (Fsp3) is 0.0588. The first-order valence-corrected chi connectivity index (χ1v) is 8.81. The lowest BCUT2D eigenvalue weighted by Gasteiger charge is -2.11. The summed E-state index contributed by atoms with van der Waals surface area (Å²) >= 11 is 15.3. The topological polar surface area (TPSA) is 79.5 Å². The molecule has 0 fully saturated rings. The maximum atomic E-state index is 12.2. The number of amidine groups is 1. The van der Waals surface area contributed by atoms with E-state index >= 15 is 0 Å². The van der Waals surface area contributed by atoms with E-state index in [2.05, 4.69) is 31.6 Å². The van der Waals surface area contributed by atoms with Gasteiger partial charge in [0.25, 0.3) is 0 Å². The summed E-state index contributed by atoms with van der Waals surface area (Å²) in [4.78, 5) is 16.3. The molecule has 8 heteroatoms. The molecule has 3 rings (SSSR count). The zero-order valence-electron chi connectivity index (χ0n) is 12.8. The number of nitrogens with two attached hydrogens (primary N) is 1. The van der Waals surface area contributed by atoms with Crippen LogP contribution in [0.15, 0.2) is 52.1 Å². The molecule has 1 aliphatic heterocycles. The van der Waals surface area contributed by atoms with Crippen LogP contribution in [0, 0.1) is 0 Å². The number of amides is 2. The first-order valence-electron chi connectivity index (χ1n) is 7.26. The van der Waals surface area contributed by atoms with Crippen molar-refractivity contribution in [1.82, 2.24) is 0 Å². The summed E-state index contributed by atoms with van der Waals surface area (Å²) in [6.45, 7) is 0. The average molecular weight is 440 g/mol. The number of aliphatic imine (C=N–C) groups is 1. The van der Waals surface area contributed by atoms with Gasteiger partial charge in [0.1, 0.15) is 5.84 Å². The van der Waals surface area contributed by atoms with Crippen molar-refractivity contribution in [3.63, 3.8) is 0 Å². The third-order valence-electron chi connectivity index (χ3n) is 3.49. The second kappa shape index (κ2) is 7.47. The van der Waals surface area contributed by atoms with E-state index in [0.29, 0.717) is 38.1 Å². The number of nitrogens with zero attached hydrogens (tertiary/aromatic N) is 1. The number of halogens is 3. The molecule has 25 heavy (non-hydrogen) atoms. The van der Waals surface area contributed by atoms with Gasteiger partial charge in [0.15, 0.2) is 0 Å². The summed E-state index contributed by atoms with van der Waals surface area (Å²) in [6, 6.07) is 10.3. The number of urea groups is 1. The van der Waals surface area contributed by atoms with E-state index < -0.39 is 6.03 Å². The maximum absolute atomic E-state index is 12.2. The van der Waals surface area contributed by atoms with Gasteiger partial charge in [0.2, 0.25) is 0 Å². The molecule has 0 aliphatic carbocycles. The molecule has 0 saturated carbocycles. The molecule has 4 N–H and O–H groups in total. The van der Waals surface area contributed by atoms with Crippen molar-refractivity contribution in [2.45, 2.75) is 6.42 Å². The molecule has 2 aromatic carbocycles. The van der Waals surface area contributed by atoms with Gasteiger partial charge in [-0.15, -0.1) is 0 Å². The monoisotopic (exact) mass is 438 g/mol. The van der Waals surface area contributed by atoms with E-state index in [-0.39, 0.29) is 0 Å². The van der Waals surface area contributed by atoms with E-state index in [4.69, 9.17) is 28.9 Å². The summed E-state index contributed by atoms with van der Waals surface area (Å²) in [6.07, 6.45) is 2.34. The highest BCUT2D eigenvalue weighted by Gasteiger charge is 2.11. The molecule has 0 bridgehead atoms. The maximum Gasteiger partial charge on any atom is 0.323 e. The number of anilines is 2. The van der Waals surface area contributed by atoms with Crippen LogP contribution in [0.25, 0.3) is 5.57 Å². The number of nitrogens with one attached hydrogen (secondary N) is 2. The highest BCUT2D eigenvalue weighted by Crippen LogP contribution is 2.33. The molecule has 0 spiro atoms. The Morgan fingerprint density at radius 1 is 1.12 bits per heavy atom. The van der Waals surface area contributed by atoms with Crippen molar-refractivity contribution in [3.8, 4) is 0 Å². The normalized spacial score (nSPS) is 13.2. The van der Waals surface area contributed by atoms with E-state index in [9.17, 15) is 4.79 Å². The lowest BCUT2D eigenvalue weighted by molar-refractivity contribution is 0.262. The van der Waals surface area contributed by atoms with Gasteiger partial charge in [-0.3, -0.25) is 0 Å². The summed E-state index contributed by atoms with van der Waals surface area (Å²) in [5.74, 6) is 0.579. The van der Waals surface area contributed by atoms with Gasteiger partial charge in [0, 0.05) is 24.0 Å². The minimum absolute atomic E-state index is 0.400. The number of rotatable bonds is 3. The van der Waals surface area contributed by atoms with Gasteiger partial charge in [-0.1, -0.05) is 35.3 Å². The number of carbonyl (C=O) groups is 1. The van der Waals surface area contributed by atoms with Gasteiger partial charge in [-0.2, -0.15) is 0 Å². The third kappa shape index (κ3) is 4.34. The zero-order chi connectivity index (χ0) is 18.0. The van der Waals surface area contributed by atoms with Crippen molar-refractivity contribution in [1.29, 1.82) is 0 Å². The molecule has 0 radical (unpaired) electrons. The molecular weight excluding hydrogens is 427 g/mol. The van der Waals surface area contributed by atoms with Crippen LogP contribution in [0.4, 0.5) is 16.2 Å². The molecule has 5 nitrogen and oxygen atoms in total. The Kier molecular flexibility index (Phi) is 5.32. The first kappa shape index (κ1) is 17.8. The first-order chi connectivity index (χ1) is 11.9. The molecule has 0 saturated heterocycles. The van der Waals surface area contributed by atoms with E-state index in [1.807, 2.05) is 18.2 Å². The van der Waals surface area contributed by atoms with Crippen LogP contribution in [0.2, 0.25) is 10.0 Å². The molecule has 0 unspecified atom stereocenters. The highest BCUT2D eigenvalue weighted by molar-refractivity contribution is 9.10. The number of hydrogen-bond acceptors (Lipinski definition) is 3. The Balaban J connectivity index is 1.69. The summed E-state index contributed by atoms with van der Waals surface area (Å²) in [5, 5.41) is 6.30. The smallest absolute Gasteiger partial charge is 0.323 e. The Hall–Kier alpha value is -2.02. The molecular formula is C17H13BrCl2N4O. The van der Waals surface area contributed by atoms with Crippen molar-refractivity contribution in [2.24, 2.45) is 10.7 Å². The van der Waals surface area contributed by atoms with Crippen molar-refractivity contribution < 1.29 is 4.79 Å². The standard InChI is InChI=1S/C17H13BrCl2N4O/c18-16-13(19)6-12(7-14(16)20)24-17(25)23-11-3-1-2-9(4-11)10-5-15(21)22-8-10/h1-4,6-8H,5H2,(H2,21,22)(H2,23,24,25). The predicted octanol–water partition coefficient (Wildman–Crippen LogP) is 5.50. The van der Waals surface area contributed by atoms with Gasteiger partial charge < -0.3 is 16.4 Å². The van der Waals surface area contributed by atoms with Crippen LogP contribution < -0.4 is 16.4 Å². The largest absolute Gasteiger partial charge is 0.387 e. The molecule has 2 aromatic rings. The van der Waals surface area contributed by atoms with Gasteiger partial charge in [0.05, 0.1) is 14.5 Å². The minimum Gasteiger partial charge on any atom is -0.387 e. The second-order valence-corrected chi connectivity index (χ2v) is 6.97. The highest BCUT2D eigenvalue weighted by atomic mass is 79.9.